The summed E-state index contributed by atoms with van der Waals surface area (Å²) in [5.74, 6) is -0.751. The molecule has 2 aromatic rings. The molecule has 0 saturated heterocycles. The van der Waals surface area contributed by atoms with E-state index in [-0.39, 0.29) is 5.91 Å². The Morgan fingerprint density at radius 2 is 1.86 bits per heavy atom. The van der Waals surface area contributed by atoms with Gasteiger partial charge in [0.25, 0.3) is 5.91 Å². The number of fused-ring (bicyclic) bond motifs is 1. The minimum Gasteiger partial charge on any atom is -0.448 e. The zero-order valence-corrected chi connectivity index (χ0v) is 13.2. The Balaban J connectivity index is 1.75. The molecule has 0 saturated carbocycles. The number of nitrogens with one attached hydrogen (secondary N) is 1. The Morgan fingerprint density at radius 1 is 1.14 bits per heavy atom. The number of benzene rings is 2. The lowest BCUT2D eigenvalue weighted by molar-refractivity contribution is -0.125. The molecule has 1 heterocycles. The van der Waals surface area contributed by atoms with Gasteiger partial charge < -0.3 is 10.1 Å². The van der Waals surface area contributed by atoms with E-state index in [2.05, 4.69) is 27.9 Å². The van der Waals surface area contributed by atoms with Gasteiger partial charge in [0.2, 0.25) is 0 Å². The standard InChI is InChI=1S/C16H12INO3/c17-11-5-7-12(8-6-11)18-15(19)14-9-10-3-1-2-4-13(10)16(20)21-14/h1-8,14H,9H2,(H,18,19)/t14-/m0/s1. The first-order valence-corrected chi connectivity index (χ1v) is 7.57. The number of carbonyl (C=O) groups is 2. The van der Waals surface area contributed by atoms with E-state index in [1.807, 2.05) is 36.4 Å². The summed E-state index contributed by atoms with van der Waals surface area (Å²) in [5, 5.41) is 2.77. The summed E-state index contributed by atoms with van der Waals surface area (Å²) < 4.78 is 6.30. The van der Waals surface area contributed by atoms with Gasteiger partial charge in [-0.1, -0.05) is 18.2 Å². The van der Waals surface area contributed by atoms with Crippen LogP contribution in [0.3, 0.4) is 0 Å². The lowest BCUT2D eigenvalue weighted by Gasteiger charge is -2.23. The van der Waals surface area contributed by atoms with Gasteiger partial charge in [-0.3, -0.25) is 4.79 Å². The normalized spacial score (nSPS) is 16.8. The highest BCUT2D eigenvalue weighted by Crippen LogP contribution is 2.21. The van der Waals surface area contributed by atoms with Crippen LogP contribution in [-0.2, 0) is 16.0 Å². The third-order valence-electron chi connectivity index (χ3n) is 3.30. The van der Waals surface area contributed by atoms with Crippen LogP contribution in [-0.4, -0.2) is 18.0 Å². The smallest absolute Gasteiger partial charge is 0.339 e. The number of anilines is 1. The molecular formula is C16H12INO3. The van der Waals surface area contributed by atoms with Crippen molar-refractivity contribution in [3.8, 4) is 0 Å². The van der Waals surface area contributed by atoms with Crippen LogP contribution in [0.4, 0.5) is 5.69 Å². The first kappa shape index (κ1) is 14.1. The fraction of sp³-hybridized carbons (Fsp3) is 0.125. The molecule has 1 aliphatic heterocycles. The molecule has 0 aliphatic carbocycles. The molecule has 0 spiro atoms. The molecule has 1 amide bonds. The van der Waals surface area contributed by atoms with E-state index in [0.29, 0.717) is 17.7 Å². The molecule has 1 N–H and O–H groups in total. The summed E-state index contributed by atoms with van der Waals surface area (Å²) in [6.07, 6.45) is -0.385. The summed E-state index contributed by atoms with van der Waals surface area (Å²) in [6.45, 7) is 0. The first-order chi connectivity index (χ1) is 10.1. The monoisotopic (exact) mass is 393 g/mol. The lowest BCUT2D eigenvalue weighted by atomic mass is 9.98. The van der Waals surface area contributed by atoms with Crippen molar-refractivity contribution >= 4 is 40.2 Å². The molecule has 0 aromatic heterocycles. The van der Waals surface area contributed by atoms with Crippen molar-refractivity contribution in [1.82, 2.24) is 0 Å². The number of hydrogen-bond donors (Lipinski definition) is 1. The molecule has 2 aromatic carbocycles. The maximum atomic E-state index is 12.2. The fourth-order valence-corrected chi connectivity index (χ4v) is 2.59. The average Bonchev–Trinajstić information content (AvgIpc) is 2.49. The van der Waals surface area contributed by atoms with Crippen LogP contribution in [0, 0.1) is 3.57 Å². The van der Waals surface area contributed by atoms with Crippen LogP contribution in [0.1, 0.15) is 15.9 Å². The molecule has 3 rings (SSSR count). The molecule has 0 radical (unpaired) electrons. The second-order valence-electron chi connectivity index (χ2n) is 4.75. The molecule has 1 atom stereocenters. The van der Waals surface area contributed by atoms with Gasteiger partial charge in [0.1, 0.15) is 0 Å². The third kappa shape index (κ3) is 3.07. The Kier molecular flexibility index (Phi) is 3.92. The summed E-state index contributed by atoms with van der Waals surface area (Å²) in [5.41, 5.74) is 2.07. The molecule has 21 heavy (non-hydrogen) atoms. The van der Waals surface area contributed by atoms with Gasteiger partial charge in [0.15, 0.2) is 6.10 Å². The second kappa shape index (κ2) is 5.85. The second-order valence-corrected chi connectivity index (χ2v) is 6.00. The predicted molar refractivity (Wildman–Crippen MR) is 87.1 cm³/mol. The van der Waals surface area contributed by atoms with Crippen LogP contribution < -0.4 is 5.32 Å². The number of halogens is 1. The van der Waals surface area contributed by atoms with E-state index in [4.69, 9.17) is 4.74 Å². The van der Waals surface area contributed by atoms with Crippen molar-refractivity contribution in [2.75, 3.05) is 5.32 Å². The van der Waals surface area contributed by atoms with Crippen molar-refractivity contribution in [3.63, 3.8) is 0 Å². The van der Waals surface area contributed by atoms with Crippen molar-refractivity contribution in [3.05, 3.63) is 63.2 Å². The SMILES string of the molecule is O=C1O[C@H](C(=O)Nc2ccc(I)cc2)Cc2ccccc21. The quantitative estimate of drug-likeness (QED) is 0.631. The minimum atomic E-state index is -0.785. The number of ether oxygens (including phenoxy) is 1. The average molecular weight is 393 g/mol. The van der Waals surface area contributed by atoms with Gasteiger partial charge in [-0.05, 0) is 58.5 Å². The van der Waals surface area contributed by atoms with Gasteiger partial charge in [-0.25, -0.2) is 4.79 Å². The molecule has 5 heteroatoms. The van der Waals surface area contributed by atoms with Gasteiger partial charge in [-0.2, -0.15) is 0 Å². The first-order valence-electron chi connectivity index (χ1n) is 6.49. The van der Waals surface area contributed by atoms with Gasteiger partial charge in [0.05, 0.1) is 5.56 Å². The van der Waals surface area contributed by atoms with Gasteiger partial charge >= 0.3 is 5.97 Å². The molecule has 106 valence electrons. The molecule has 4 nitrogen and oxygen atoms in total. The Morgan fingerprint density at radius 3 is 2.62 bits per heavy atom. The number of esters is 1. The summed E-state index contributed by atoms with van der Waals surface area (Å²) in [6, 6.07) is 14.6. The number of rotatable bonds is 2. The number of cyclic esters (lactones) is 1. The molecule has 0 bridgehead atoms. The van der Waals surface area contributed by atoms with Crippen LogP contribution in [0.15, 0.2) is 48.5 Å². The molecular weight excluding hydrogens is 381 g/mol. The zero-order chi connectivity index (χ0) is 14.8. The van der Waals surface area contributed by atoms with E-state index >= 15 is 0 Å². The minimum absolute atomic E-state index is 0.306. The topological polar surface area (TPSA) is 55.4 Å². The predicted octanol–water partition coefficient (Wildman–Crippen LogP) is 3.01. The fourth-order valence-electron chi connectivity index (χ4n) is 2.23. The van der Waals surface area contributed by atoms with Crippen LogP contribution in [0.5, 0.6) is 0 Å². The summed E-state index contributed by atoms with van der Waals surface area (Å²) in [4.78, 5) is 24.1. The largest absolute Gasteiger partial charge is 0.448 e. The lowest BCUT2D eigenvalue weighted by Crippen LogP contribution is -2.37. The van der Waals surface area contributed by atoms with E-state index in [1.54, 1.807) is 12.1 Å². The van der Waals surface area contributed by atoms with Gasteiger partial charge in [0, 0.05) is 15.7 Å². The molecule has 0 fully saturated rings. The highest BCUT2D eigenvalue weighted by atomic mass is 127. The third-order valence-corrected chi connectivity index (χ3v) is 4.02. The Labute approximate surface area is 135 Å². The number of amides is 1. The molecule has 0 unspecified atom stereocenters. The molecule has 1 aliphatic rings. The van der Waals surface area contributed by atoms with Crippen molar-refractivity contribution < 1.29 is 14.3 Å². The zero-order valence-electron chi connectivity index (χ0n) is 11.0. The van der Waals surface area contributed by atoms with Crippen LogP contribution in [0.25, 0.3) is 0 Å². The highest BCUT2D eigenvalue weighted by Gasteiger charge is 2.30. The highest BCUT2D eigenvalue weighted by molar-refractivity contribution is 14.1. The maximum absolute atomic E-state index is 12.2. The van der Waals surface area contributed by atoms with Crippen molar-refractivity contribution in [2.45, 2.75) is 12.5 Å². The Bertz CT molecular complexity index is 697. The van der Waals surface area contributed by atoms with E-state index in [0.717, 1.165) is 9.13 Å². The van der Waals surface area contributed by atoms with E-state index < -0.39 is 12.1 Å². The van der Waals surface area contributed by atoms with Crippen molar-refractivity contribution in [2.24, 2.45) is 0 Å². The number of hydrogen-bond acceptors (Lipinski definition) is 3. The Hall–Kier alpha value is -1.89. The number of carbonyl (C=O) groups excluding carboxylic acids is 2. The van der Waals surface area contributed by atoms with Crippen LogP contribution in [0.2, 0.25) is 0 Å². The van der Waals surface area contributed by atoms with E-state index in [9.17, 15) is 9.59 Å². The van der Waals surface area contributed by atoms with Crippen molar-refractivity contribution in [1.29, 1.82) is 0 Å². The maximum Gasteiger partial charge on any atom is 0.339 e. The van der Waals surface area contributed by atoms with Crippen LogP contribution >= 0.6 is 22.6 Å². The van der Waals surface area contributed by atoms with E-state index in [1.165, 1.54) is 0 Å². The summed E-state index contributed by atoms with van der Waals surface area (Å²) in [7, 11) is 0. The van der Waals surface area contributed by atoms with Gasteiger partial charge in [-0.15, -0.1) is 0 Å². The summed E-state index contributed by atoms with van der Waals surface area (Å²) >= 11 is 2.19.